The lowest BCUT2D eigenvalue weighted by Crippen LogP contribution is -2.40. The van der Waals surface area contributed by atoms with Crippen molar-refractivity contribution in [1.29, 1.82) is 0 Å². The standard InChI is InChI=1S/C27H35N6O8P/c1-5-18(6-2)14-38-26(36)17(3)32-42(37,41-19-10-8-7-9-11-19)39-15-21-23(34)24(35)27(29-4,40-21)22-13-12-20-25(28)30-16-31-33(20)22/h7-13,16-18,21,23-24,34-35H,5-6,14-15H2,1-3H3,(H,32,37)(H2,28,30,31)/t17-,21-,23+,24?,27+,42-/m0/s1. The largest absolute Gasteiger partial charge is 0.464 e. The summed E-state index contributed by atoms with van der Waals surface area (Å²) in [5, 5.41) is 28.6. The Morgan fingerprint density at radius 1 is 1.26 bits per heavy atom. The first-order valence-electron chi connectivity index (χ1n) is 13.5. The van der Waals surface area contributed by atoms with Crippen molar-refractivity contribution in [2.45, 2.75) is 63.7 Å². The van der Waals surface area contributed by atoms with Crippen molar-refractivity contribution in [2.24, 2.45) is 5.92 Å². The Morgan fingerprint density at radius 3 is 2.64 bits per heavy atom. The number of hydrogen-bond acceptors (Lipinski definition) is 11. The molecule has 0 amide bonds. The van der Waals surface area contributed by atoms with Gasteiger partial charge in [-0.05, 0) is 37.1 Å². The van der Waals surface area contributed by atoms with Gasteiger partial charge < -0.3 is 25.2 Å². The Labute approximate surface area is 243 Å². The number of aliphatic hydroxyl groups excluding tert-OH is 2. The van der Waals surface area contributed by atoms with Crippen LogP contribution in [0.4, 0.5) is 5.82 Å². The number of carbonyl (C=O) groups excluding carboxylic acids is 1. The van der Waals surface area contributed by atoms with Crippen LogP contribution in [-0.4, -0.2) is 68.3 Å². The third kappa shape index (κ3) is 6.42. The van der Waals surface area contributed by atoms with Crippen LogP contribution in [0.15, 0.2) is 48.8 Å². The zero-order valence-electron chi connectivity index (χ0n) is 23.5. The summed E-state index contributed by atoms with van der Waals surface area (Å²) in [7, 11) is -4.31. The van der Waals surface area contributed by atoms with Gasteiger partial charge in [-0.1, -0.05) is 44.9 Å². The van der Waals surface area contributed by atoms with Gasteiger partial charge in [0.05, 0.1) is 13.2 Å². The van der Waals surface area contributed by atoms with Crippen molar-refractivity contribution in [1.82, 2.24) is 19.7 Å². The van der Waals surface area contributed by atoms with Gasteiger partial charge >= 0.3 is 19.4 Å². The molecule has 14 nitrogen and oxygen atoms in total. The lowest BCUT2D eigenvalue weighted by atomic mass is 10.0. The molecule has 226 valence electrons. The molecule has 0 aliphatic carbocycles. The maximum atomic E-state index is 13.9. The highest BCUT2D eigenvalue weighted by Crippen LogP contribution is 2.47. The molecule has 0 bridgehead atoms. The van der Waals surface area contributed by atoms with Gasteiger partial charge in [-0.3, -0.25) is 18.9 Å². The van der Waals surface area contributed by atoms with E-state index in [2.05, 4.69) is 20.0 Å². The van der Waals surface area contributed by atoms with Crippen LogP contribution in [0.3, 0.4) is 0 Å². The van der Waals surface area contributed by atoms with Gasteiger partial charge in [0.15, 0.2) is 17.6 Å². The predicted molar refractivity (Wildman–Crippen MR) is 151 cm³/mol. The van der Waals surface area contributed by atoms with E-state index in [1.54, 1.807) is 36.4 Å². The number of carbonyl (C=O) groups is 1. The van der Waals surface area contributed by atoms with Gasteiger partial charge in [0.25, 0.3) is 0 Å². The topological polar surface area (TPSA) is 184 Å². The van der Waals surface area contributed by atoms with Gasteiger partial charge in [0.2, 0.25) is 0 Å². The van der Waals surface area contributed by atoms with Crippen molar-refractivity contribution in [3.63, 3.8) is 0 Å². The molecule has 1 aliphatic heterocycles. The summed E-state index contributed by atoms with van der Waals surface area (Å²) in [6.07, 6.45) is -1.83. The van der Waals surface area contributed by atoms with E-state index < -0.39 is 50.4 Å². The monoisotopic (exact) mass is 602 g/mol. The number of aromatic nitrogens is 3. The van der Waals surface area contributed by atoms with E-state index in [-0.39, 0.29) is 29.8 Å². The maximum Gasteiger partial charge on any atom is 0.459 e. The van der Waals surface area contributed by atoms with E-state index in [1.807, 2.05) is 13.8 Å². The summed E-state index contributed by atoms with van der Waals surface area (Å²) in [6, 6.07) is 10.1. The third-order valence-corrected chi connectivity index (χ3v) is 8.79. The predicted octanol–water partition coefficient (Wildman–Crippen LogP) is 2.67. The van der Waals surface area contributed by atoms with Crippen LogP contribution >= 0.6 is 7.75 Å². The number of ether oxygens (including phenoxy) is 2. The second kappa shape index (κ2) is 13.2. The molecule has 1 aliphatic rings. The summed E-state index contributed by atoms with van der Waals surface area (Å²) in [5.41, 5.74) is 4.28. The molecule has 5 N–H and O–H groups in total. The number of anilines is 1. The Balaban J connectivity index is 1.53. The van der Waals surface area contributed by atoms with E-state index in [0.717, 1.165) is 12.8 Å². The fourth-order valence-electron chi connectivity index (χ4n) is 4.54. The number of esters is 1. The molecule has 42 heavy (non-hydrogen) atoms. The van der Waals surface area contributed by atoms with Crippen LogP contribution in [0.5, 0.6) is 5.75 Å². The maximum absolute atomic E-state index is 13.9. The van der Waals surface area contributed by atoms with E-state index in [9.17, 15) is 19.6 Å². The molecule has 0 radical (unpaired) electrons. The van der Waals surface area contributed by atoms with Crippen molar-refractivity contribution in [3.8, 4) is 5.75 Å². The number of nitrogens with two attached hydrogens (primary N) is 1. The van der Waals surface area contributed by atoms with Crippen molar-refractivity contribution >= 4 is 25.1 Å². The highest BCUT2D eigenvalue weighted by atomic mass is 31.2. The molecule has 0 saturated carbocycles. The van der Waals surface area contributed by atoms with E-state index in [1.165, 1.54) is 23.8 Å². The number of nitrogens with one attached hydrogen (secondary N) is 1. The SMILES string of the molecule is [C-]#[N+][C@]1(c2ccc3c(N)ncnn23)O[C@@H](CO[P@@](=O)(N[C@@H](C)C(=O)OCC(CC)CC)Oc2ccccc2)[C@@H](O)C1O. The quantitative estimate of drug-likeness (QED) is 0.128. The molecule has 1 aromatic carbocycles. The summed E-state index contributed by atoms with van der Waals surface area (Å²) in [4.78, 5) is 20.1. The summed E-state index contributed by atoms with van der Waals surface area (Å²) in [6.45, 7) is 13.0. The minimum atomic E-state index is -4.31. The van der Waals surface area contributed by atoms with Crippen LogP contribution in [0.1, 0.15) is 39.3 Å². The molecule has 3 heterocycles. The highest BCUT2D eigenvalue weighted by Gasteiger charge is 2.63. The van der Waals surface area contributed by atoms with Crippen LogP contribution < -0.4 is 15.3 Å². The minimum absolute atomic E-state index is 0.103. The van der Waals surface area contributed by atoms with Crippen LogP contribution in [-0.2, 0) is 29.1 Å². The second-order valence-electron chi connectivity index (χ2n) is 9.92. The van der Waals surface area contributed by atoms with Crippen molar-refractivity contribution in [3.05, 3.63) is 65.9 Å². The van der Waals surface area contributed by atoms with E-state index in [4.69, 9.17) is 30.8 Å². The average molecular weight is 603 g/mol. The lowest BCUT2D eigenvalue weighted by Gasteiger charge is -2.25. The highest BCUT2D eigenvalue weighted by molar-refractivity contribution is 7.52. The number of hydrogen-bond donors (Lipinski definition) is 4. The van der Waals surface area contributed by atoms with Gasteiger partial charge in [0, 0.05) is 0 Å². The minimum Gasteiger partial charge on any atom is -0.464 e. The first-order chi connectivity index (χ1) is 20.1. The summed E-state index contributed by atoms with van der Waals surface area (Å²) >= 11 is 0. The Morgan fingerprint density at radius 2 is 1.98 bits per heavy atom. The number of rotatable bonds is 13. The zero-order chi connectivity index (χ0) is 30.5. The molecule has 0 spiro atoms. The normalized spacial score (nSPS) is 24.3. The molecule has 1 fully saturated rings. The van der Waals surface area contributed by atoms with Crippen molar-refractivity contribution in [2.75, 3.05) is 18.9 Å². The lowest BCUT2D eigenvalue weighted by molar-refractivity contribution is -0.146. The van der Waals surface area contributed by atoms with Crippen LogP contribution in [0.25, 0.3) is 10.4 Å². The number of benzene rings is 1. The summed E-state index contributed by atoms with van der Waals surface area (Å²) in [5.74, 6) is -0.128. The molecular formula is C27H35N6O8P. The van der Waals surface area contributed by atoms with Crippen LogP contribution in [0, 0.1) is 12.5 Å². The van der Waals surface area contributed by atoms with Crippen molar-refractivity contribution < 1.29 is 38.1 Å². The smallest absolute Gasteiger partial charge is 0.459 e. The number of para-hydroxylation sites is 1. The Hall–Kier alpha value is -3.57. The second-order valence-corrected chi connectivity index (χ2v) is 11.6. The molecule has 4 rings (SSSR count). The van der Waals surface area contributed by atoms with Gasteiger partial charge in [-0.15, -0.1) is 0 Å². The molecule has 2 aromatic heterocycles. The number of aliphatic hydroxyl groups is 2. The number of fused-ring (bicyclic) bond motifs is 1. The molecule has 3 aromatic rings. The fourth-order valence-corrected chi connectivity index (χ4v) is 6.05. The fraction of sp³-hybridized carbons (Fsp3) is 0.481. The first kappa shape index (κ1) is 31.4. The number of nitrogen functional groups attached to an aromatic ring is 1. The Bertz CT molecular complexity index is 1460. The Kier molecular flexibility index (Phi) is 9.83. The van der Waals surface area contributed by atoms with Gasteiger partial charge in [0.1, 0.15) is 35.8 Å². The molecule has 15 heteroatoms. The molecular weight excluding hydrogens is 567 g/mol. The van der Waals surface area contributed by atoms with Crippen LogP contribution in [0.2, 0.25) is 0 Å². The molecule has 1 saturated heterocycles. The average Bonchev–Trinajstić information content (AvgIpc) is 3.53. The van der Waals surface area contributed by atoms with E-state index >= 15 is 0 Å². The zero-order valence-corrected chi connectivity index (χ0v) is 24.4. The first-order valence-corrected chi connectivity index (χ1v) is 15.1. The van der Waals surface area contributed by atoms with E-state index in [0.29, 0.717) is 5.52 Å². The number of nitrogens with zero attached hydrogens (tertiary/aromatic N) is 4. The molecule has 1 unspecified atom stereocenters. The van der Waals surface area contributed by atoms with Gasteiger partial charge in [-0.2, -0.15) is 10.2 Å². The molecule has 6 atom stereocenters. The van der Waals surface area contributed by atoms with Gasteiger partial charge in [-0.25, -0.2) is 20.6 Å². The summed E-state index contributed by atoms with van der Waals surface area (Å²) < 4.78 is 37.8. The third-order valence-electron chi connectivity index (χ3n) is 7.15.